The van der Waals surface area contributed by atoms with Crippen LogP contribution in [0.15, 0.2) is 0 Å². The van der Waals surface area contributed by atoms with Crippen molar-refractivity contribution in [3.05, 3.63) is 0 Å². The summed E-state index contributed by atoms with van der Waals surface area (Å²) >= 11 is 0. The molecule has 1 aliphatic rings. The van der Waals surface area contributed by atoms with Crippen LogP contribution in [0, 0.1) is 5.92 Å². The molecule has 1 aliphatic carbocycles. The molecule has 1 rings (SSSR count). The smallest absolute Gasteiger partial charge is 0.0670 e. The summed E-state index contributed by atoms with van der Waals surface area (Å²) in [5, 5.41) is 9.77. The summed E-state index contributed by atoms with van der Waals surface area (Å²) in [5.74, 6) is 0.530. The minimum atomic E-state index is -0.306. The minimum Gasteiger partial charge on any atom is -0.390 e. The number of rotatable bonds is 1. The topological polar surface area (TPSA) is 20.2 Å². The largest absolute Gasteiger partial charge is 0.390 e. The second-order valence-corrected chi connectivity index (χ2v) is 3.25. The molecule has 1 N–H and O–H groups in total. The maximum Gasteiger partial charge on any atom is 0.0670 e. The second kappa shape index (κ2) is 2.30. The summed E-state index contributed by atoms with van der Waals surface area (Å²) in [5.41, 5.74) is -0.306. The average molecular weight is 128 g/mol. The van der Waals surface area contributed by atoms with Gasteiger partial charge in [0.05, 0.1) is 5.60 Å². The number of hydrogen-bond donors (Lipinski definition) is 1. The Morgan fingerprint density at radius 2 is 2.33 bits per heavy atom. The van der Waals surface area contributed by atoms with Gasteiger partial charge in [-0.1, -0.05) is 20.3 Å². The van der Waals surface area contributed by atoms with Gasteiger partial charge >= 0.3 is 0 Å². The third-order valence-corrected chi connectivity index (χ3v) is 2.78. The molecule has 9 heavy (non-hydrogen) atoms. The van der Waals surface area contributed by atoms with Gasteiger partial charge in [0.1, 0.15) is 0 Å². The van der Waals surface area contributed by atoms with Gasteiger partial charge in [-0.25, -0.2) is 0 Å². The van der Waals surface area contributed by atoms with Crippen molar-refractivity contribution in [2.45, 2.75) is 45.1 Å². The van der Waals surface area contributed by atoms with Crippen LogP contribution >= 0.6 is 0 Å². The number of hydrogen-bond acceptors (Lipinski definition) is 1. The van der Waals surface area contributed by atoms with Crippen LogP contribution < -0.4 is 0 Å². The Morgan fingerprint density at radius 3 is 2.56 bits per heavy atom. The normalized spacial score (nSPS) is 43.7. The zero-order chi connectivity index (χ0) is 6.91. The van der Waals surface area contributed by atoms with Gasteiger partial charge in [0.15, 0.2) is 0 Å². The molecule has 0 aromatic heterocycles. The second-order valence-electron chi connectivity index (χ2n) is 3.25. The van der Waals surface area contributed by atoms with Crippen molar-refractivity contribution in [2.24, 2.45) is 5.92 Å². The van der Waals surface area contributed by atoms with E-state index >= 15 is 0 Å². The van der Waals surface area contributed by atoms with Crippen LogP contribution in [0.1, 0.15) is 39.5 Å². The van der Waals surface area contributed by atoms with Crippen LogP contribution in [0.25, 0.3) is 0 Å². The first-order chi connectivity index (χ1) is 4.19. The summed E-state index contributed by atoms with van der Waals surface area (Å²) in [6.45, 7) is 4.22. The van der Waals surface area contributed by atoms with Gasteiger partial charge in [0, 0.05) is 0 Å². The van der Waals surface area contributed by atoms with Gasteiger partial charge < -0.3 is 5.11 Å². The Morgan fingerprint density at radius 1 is 1.67 bits per heavy atom. The van der Waals surface area contributed by atoms with Crippen LogP contribution in [0.2, 0.25) is 0 Å². The van der Waals surface area contributed by atoms with E-state index in [1.54, 1.807) is 0 Å². The molecule has 0 saturated heterocycles. The lowest BCUT2D eigenvalue weighted by Gasteiger charge is -2.25. The molecule has 1 unspecified atom stereocenters. The molecule has 2 atom stereocenters. The van der Waals surface area contributed by atoms with Gasteiger partial charge in [-0.3, -0.25) is 0 Å². The Bertz CT molecular complexity index is 101. The van der Waals surface area contributed by atoms with Crippen LogP contribution in [0.4, 0.5) is 0 Å². The predicted octanol–water partition coefficient (Wildman–Crippen LogP) is 1.95. The molecule has 1 saturated carbocycles. The highest BCUT2D eigenvalue weighted by atomic mass is 16.3. The van der Waals surface area contributed by atoms with Crippen molar-refractivity contribution < 1.29 is 5.11 Å². The van der Waals surface area contributed by atoms with Gasteiger partial charge in [-0.2, -0.15) is 0 Å². The number of aliphatic hydroxyl groups is 1. The van der Waals surface area contributed by atoms with Crippen LogP contribution in [0.5, 0.6) is 0 Å². The molecule has 0 amide bonds. The van der Waals surface area contributed by atoms with Gasteiger partial charge in [0.2, 0.25) is 0 Å². The fraction of sp³-hybridized carbons (Fsp3) is 1.00. The zero-order valence-corrected chi connectivity index (χ0v) is 6.35. The molecule has 0 aromatic carbocycles. The first-order valence-corrected chi connectivity index (χ1v) is 3.91. The molecule has 0 radical (unpaired) electrons. The standard InChI is InChI=1S/C8H16O/c1-3-8(9)6-4-5-7(8)2/h7,9H,3-6H2,1-2H3/t7?,8-/m0/s1. The molecular formula is C8H16O. The van der Waals surface area contributed by atoms with Crippen molar-refractivity contribution in [3.63, 3.8) is 0 Å². The molecule has 0 aromatic rings. The molecular weight excluding hydrogens is 112 g/mol. The van der Waals surface area contributed by atoms with E-state index in [0.717, 1.165) is 12.8 Å². The van der Waals surface area contributed by atoms with Crippen LogP contribution in [-0.2, 0) is 0 Å². The predicted molar refractivity (Wildman–Crippen MR) is 38.3 cm³/mol. The van der Waals surface area contributed by atoms with Crippen molar-refractivity contribution in [3.8, 4) is 0 Å². The third-order valence-electron chi connectivity index (χ3n) is 2.78. The lowest BCUT2D eigenvalue weighted by molar-refractivity contribution is 0.00561. The molecule has 1 fully saturated rings. The van der Waals surface area contributed by atoms with E-state index in [9.17, 15) is 5.11 Å². The minimum absolute atomic E-state index is 0.306. The van der Waals surface area contributed by atoms with Crippen LogP contribution in [0.3, 0.4) is 0 Å². The molecule has 0 spiro atoms. The van der Waals surface area contributed by atoms with E-state index in [1.807, 2.05) is 0 Å². The fourth-order valence-corrected chi connectivity index (χ4v) is 1.75. The summed E-state index contributed by atoms with van der Waals surface area (Å²) in [7, 11) is 0. The monoisotopic (exact) mass is 128 g/mol. The maximum atomic E-state index is 9.77. The molecule has 1 nitrogen and oxygen atoms in total. The fourth-order valence-electron chi connectivity index (χ4n) is 1.75. The molecule has 54 valence electrons. The lowest BCUT2D eigenvalue weighted by Crippen LogP contribution is -2.29. The van der Waals surface area contributed by atoms with Crippen LogP contribution in [-0.4, -0.2) is 10.7 Å². The first-order valence-electron chi connectivity index (χ1n) is 3.91. The maximum absolute atomic E-state index is 9.77. The highest BCUT2D eigenvalue weighted by Crippen LogP contribution is 2.37. The van der Waals surface area contributed by atoms with Crippen molar-refractivity contribution in [1.82, 2.24) is 0 Å². The lowest BCUT2D eigenvalue weighted by atomic mass is 9.90. The van der Waals surface area contributed by atoms with Crippen molar-refractivity contribution in [2.75, 3.05) is 0 Å². The van der Waals surface area contributed by atoms with Gasteiger partial charge in [-0.05, 0) is 25.2 Å². The van der Waals surface area contributed by atoms with Gasteiger partial charge in [0.25, 0.3) is 0 Å². The Labute approximate surface area is 57.1 Å². The van der Waals surface area contributed by atoms with Crippen molar-refractivity contribution >= 4 is 0 Å². The summed E-state index contributed by atoms with van der Waals surface area (Å²) < 4.78 is 0. The SMILES string of the molecule is CC[C@]1(O)CCCC1C. The van der Waals surface area contributed by atoms with E-state index in [4.69, 9.17) is 0 Å². The van der Waals surface area contributed by atoms with Gasteiger partial charge in [-0.15, -0.1) is 0 Å². The Balaban J connectivity index is 2.56. The zero-order valence-electron chi connectivity index (χ0n) is 6.35. The molecule has 1 heteroatoms. The molecule has 0 aliphatic heterocycles. The summed E-state index contributed by atoms with van der Waals surface area (Å²) in [6.07, 6.45) is 4.37. The summed E-state index contributed by atoms with van der Waals surface area (Å²) in [4.78, 5) is 0. The van der Waals surface area contributed by atoms with E-state index in [1.165, 1.54) is 12.8 Å². The Kier molecular flexibility index (Phi) is 1.80. The molecule has 0 bridgehead atoms. The Hall–Kier alpha value is -0.0400. The summed E-state index contributed by atoms with van der Waals surface area (Å²) in [6, 6.07) is 0. The van der Waals surface area contributed by atoms with E-state index in [0.29, 0.717) is 5.92 Å². The average Bonchev–Trinajstić information content (AvgIpc) is 2.15. The molecule has 0 heterocycles. The van der Waals surface area contributed by atoms with E-state index < -0.39 is 0 Å². The van der Waals surface area contributed by atoms with E-state index in [-0.39, 0.29) is 5.60 Å². The highest BCUT2D eigenvalue weighted by molar-refractivity contribution is 4.88. The third kappa shape index (κ3) is 1.11. The first kappa shape index (κ1) is 7.07. The van der Waals surface area contributed by atoms with E-state index in [2.05, 4.69) is 13.8 Å². The highest BCUT2D eigenvalue weighted by Gasteiger charge is 2.35. The quantitative estimate of drug-likeness (QED) is 0.572. The van der Waals surface area contributed by atoms with Crippen molar-refractivity contribution in [1.29, 1.82) is 0 Å².